The van der Waals surface area contributed by atoms with Crippen LogP contribution in [-0.4, -0.2) is 50.3 Å². The maximum absolute atomic E-state index is 12.5. The summed E-state index contributed by atoms with van der Waals surface area (Å²) >= 11 is 0.702. The van der Waals surface area contributed by atoms with Crippen LogP contribution in [0.3, 0.4) is 0 Å². The van der Waals surface area contributed by atoms with Gasteiger partial charge in [0.2, 0.25) is 15.0 Å². The number of aromatic nitrogens is 2. The molecule has 0 aliphatic heterocycles. The van der Waals surface area contributed by atoms with Crippen LogP contribution in [-0.2, 0) is 14.6 Å². The molecule has 0 saturated carbocycles. The van der Waals surface area contributed by atoms with Crippen molar-refractivity contribution in [2.24, 2.45) is 0 Å². The summed E-state index contributed by atoms with van der Waals surface area (Å²) in [6.07, 6.45) is 2.99. The number of hydrogen-bond donors (Lipinski definition) is 1. The Bertz CT molecular complexity index is 1350. The second kappa shape index (κ2) is 12.0. The third kappa shape index (κ3) is 7.53. The van der Waals surface area contributed by atoms with E-state index < -0.39 is 20.9 Å². The third-order valence-corrected chi connectivity index (χ3v) is 5.97. The Hall–Kier alpha value is -3.95. The Labute approximate surface area is 206 Å². The molecule has 0 spiro atoms. The number of nitrogens with zero attached hydrogens (tertiary/aromatic N) is 3. The van der Waals surface area contributed by atoms with Crippen LogP contribution in [0.15, 0.2) is 59.3 Å². The fraction of sp³-hybridized carbons (Fsp3) is 0.217. The van der Waals surface area contributed by atoms with Crippen molar-refractivity contribution in [3.63, 3.8) is 0 Å². The molecule has 0 bridgehead atoms. The summed E-state index contributed by atoms with van der Waals surface area (Å²) in [4.78, 5) is 16.2. The van der Waals surface area contributed by atoms with Crippen molar-refractivity contribution in [3.05, 3.63) is 59.7 Å². The minimum Gasteiger partial charge on any atom is -0.493 e. The van der Waals surface area contributed by atoms with Gasteiger partial charge in [-0.3, -0.25) is 10.1 Å². The lowest BCUT2D eigenvalue weighted by atomic mass is 10.1. The number of amides is 1. The number of anilines is 1. The highest BCUT2D eigenvalue weighted by Crippen LogP contribution is 2.29. The SMILES string of the molecule is COc1cc(C=C(C#N)C(=O)Nc2nc(S(C)(=O)=O)ns2)ccc1OCCCOc1ccccc1. The molecule has 0 unspecified atom stereocenters. The molecule has 10 nitrogen and oxygen atoms in total. The zero-order valence-electron chi connectivity index (χ0n) is 18.9. The van der Waals surface area contributed by atoms with Crippen LogP contribution >= 0.6 is 11.5 Å². The van der Waals surface area contributed by atoms with Crippen molar-refractivity contribution >= 4 is 38.5 Å². The Kier molecular flexibility index (Phi) is 8.77. The topological polar surface area (TPSA) is 140 Å². The minimum absolute atomic E-state index is 0.0332. The molecule has 3 rings (SSSR count). The third-order valence-electron chi connectivity index (χ3n) is 4.38. The molecule has 0 aliphatic carbocycles. The zero-order chi connectivity index (χ0) is 25.3. The first-order valence-electron chi connectivity index (χ1n) is 10.3. The van der Waals surface area contributed by atoms with Crippen LogP contribution < -0.4 is 19.5 Å². The predicted molar refractivity (Wildman–Crippen MR) is 130 cm³/mol. The smallest absolute Gasteiger partial charge is 0.268 e. The van der Waals surface area contributed by atoms with Gasteiger partial charge >= 0.3 is 0 Å². The number of methoxy groups -OCH3 is 1. The van der Waals surface area contributed by atoms with Gasteiger partial charge in [0.25, 0.3) is 11.1 Å². The van der Waals surface area contributed by atoms with Crippen LogP contribution in [0.5, 0.6) is 17.2 Å². The molecule has 0 saturated heterocycles. The number of carbonyl (C=O) groups is 1. The molecule has 3 aromatic rings. The number of nitrogens with one attached hydrogen (secondary N) is 1. The van der Waals surface area contributed by atoms with Crippen molar-refractivity contribution in [2.45, 2.75) is 11.6 Å². The Morgan fingerprint density at radius 2 is 1.89 bits per heavy atom. The van der Waals surface area contributed by atoms with Crippen molar-refractivity contribution < 1.29 is 27.4 Å². The highest BCUT2D eigenvalue weighted by Gasteiger charge is 2.17. The molecular weight excluding hydrogens is 492 g/mol. The summed E-state index contributed by atoms with van der Waals surface area (Å²) < 4.78 is 43.4. The number of benzene rings is 2. The van der Waals surface area contributed by atoms with E-state index in [1.54, 1.807) is 18.2 Å². The van der Waals surface area contributed by atoms with E-state index in [0.717, 1.165) is 12.0 Å². The monoisotopic (exact) mass is 514 g/mol. The van der Waals surface area contributed by atoms with Gasteiger partial charge in [-0.05, 0) is 35.9 Å². The normalized spacial score (nSPS) is 11.4. The quantitative estimate of drug-likeness (QED) is 0.232. The van der Waals surface area contributed by atoms with Crippen LogP contribution in [0.4, 0.5) is 5.13 Å². The number of sulfone groups is 1. The van der Waals surface area contributed by atoms with Crippen LogP contribution in [0.1, 0.15) is 12.0 Å². The predicted octanol–water partition coefficient (Wildman–Crippen LogP) is 3.34. The van der Waals surface area contributed by atoms with E-state index in [9.17, 15) is 18.5 Å². The highest BCUT2D eigenvalue weighted by atomic mass is 32.2. The van der Waals surface area contributed by atoms with Gasteiger partial charge in [-0.2, -0.15) is 14.6 Å². The average Bonchev–Trinajstić information content (AvgIpc) is 3.32. The maximum atomic E-state index is 12.5. The molecule has 35 heavy (non-hydrogen) atoms. The van der Waals surface area contributed by atoms with Crippen molar-refractivity contribution in [1.29, 1.82) is 5.26 Å². The van der Waals surface area contributed by atoms with Crippen LogP contribution in [0.2, 0.25) is 0 Å². The number of para-hydroxylation sites is 1. The van der Waals surface area contributed by atoms with E-state index in [-0.39, 0.29) is 10.7 Å². The zero-order valence-corrected chi connectivity index (χ0v) is 20.6. The van der Waals surface area contributed by atoms with E-state index in [1.807, 2.05) is 36.4 Å². The first kappa shape index (κ1) is 25.7. The summed E-state index contributed by atoms with van der Waals surface area (Å²) in [5, 5.41) is 11.4. The summed E-state index contributed by atoms with van der Waals surface area (Å²) in [5.74, 6) is 0.985. The van der Waals surface area contributed by atoms with Gasteiger partial charge in [-0.25, -0.2) is 8.42 Å². The summed E-state index contributed by atoms with van der Waals surface area (Å²) in [6.45, 7) is 0.898. The molecule has 1 aromatic heterocycles. The van der Waals surface area contributed by atoms with E-state index in [4.69, 9.17) is 14.2 Å². The van der Waals surface area contributed by atoms with Gasteiger partial charge in [-0.15, -0.1) is 0 Å². The second-order valence-corrected chi connectivity index (χ2v) is 9.71. The van der Waals surface area contributed by atoms with Crippen molar-refractivity contribution in [1.82, 2.24) is 9.36 Å². The van der Waals surface area contributed by atoms with Crippen molar-refractivity contribution in [3.8, 4) is 23.3 Å². The summed E-state index contributed by atoms with van der Waals surface area (Å²) in [5.41, 5.74) is 0.317. The molecule has 1 heterocycles. The molecule has 182 valence electrons. The van der Waals surface area contributed by atoms with Crippen molar-refractivity contribution in [2.75, 3.05) is 31.9 Å². The van der Waals surface area contributed by atoms with E-state index in [0.29, 0.717) is 48.2 Å². The molecule has 1 amide bonds. The van der Waals surface area contributed by atoms with Gasteiger partial charge < -0.3 is 14.2 Å². The molecule has 0 radical (unpaired) electrons. The number of carbonyl (C=O) groups excluding carboxylic acids is 1. The molecular formula is C23H22N4O6S2. The molecule has 1 N–H and O–H groups in total. The number of nitriles is 1. The van der Waals surface area contributed by atoms with Gasteiger partial charge in [0.1, 0.15) is 17.4 Å². The summed E-state index contributed by atoms with van der Waals surface area (Å²) in [7, 11) is -2.12. The molecule has 2 aromatic carbocycles. The fourth-order valence-corrected chi connectivity index (χ4v) is 4.17. The van der Waals surface area contributed by atoms with Crippen LogP contribution in [0.25, 0.3) is 6.08 Å². The number of rotatable bonds is 11. The Balaban J connectivity index is 1.60. The Morgan fingerprint density at radius 1 is 1.14 bits per heavy atom. The van der Waals surface area contributed by atoms with E-state index in [2.05, 4.69) is 14.7 Å². The van der Waals surface area contributed by atoms with Crippen LogP contribution in [0, 0.1) is 11.3 Å². The lowest BCUT2D eigenvalue weighted by molar-refractivity contribution is -0.112. The Morgan fingerprint density at radius 3 is 2.54 bits per heavy atom. The second-order valence-electron chi connectivity index (χ2n) is 7.05. The molecule has 0 aliphatic rings. The number of ether oxygens (including phenoxy) is 3. The standard InChI is InChI=1S/C23H22N4O6S2/c1-31-20-14-16(9-10-19(20)33-12-6-11-32-18-7-4-3-5-8-18)13-17(15-24)21(28)25-22-26-23(27-34-22)35(2,29)30/h3-5,7-10,13-14H,6,11-12H2,1-2H3,(H,25,26,27,28). The summed E-state index contributed by atoms with van der Waals surface area (Å²) in [6, 6.07) is 16.3. The highest BCUT2D eigenvalue weighted by molar-refractivity contribution is 7.90. The maximum Gasteiger partial charge on any atom is 0.268 e. The molecule has 12 heteroatoms. The molecule has 0 fully saturated rings. The minimum atomic E-state index is -3.60. The van der Waals surface area contributed by atoms with E-state index in [1.165, 1.54) is 13.2 Å². The first-order chi connectivity index (χ1) is 16.8. The molecule has 0 atom stereocenters. The lowest BCUT2D eigenvalue weighted by Gasteiger charge is -2.12. The fourth-order valence-electron chi connectivity index (χ4n) is 2.73. The van der Waals surface area contributed by atoms with Gasteiger partial charge in [0.05, 0.1) is 20.3 Å². The van der Waals surface area contributed by atoms with Gasteiger partial charge in [0.15, 0.2) is 11.5 Å². The van der Waals surface area contributed by atoms with E-state index >= 15 is 0 Å². The van der Waals surface area contributed by atoms with Gasteiger partial charge in [0, 0.05) is 24.2 Å². The lowest BCUT2D eigenvalue weighted by Crippen LogP contribution is -2.13. The average molecular weight is 515 g/mol. The van der Waals surface area contributed by atoms with Gasteiger partial charge in [-0.1, -0.05) is 24.3 Å². The first-order valence-corrected chi connectivity index (χ1v) is 12.9. The number of hydrogen-bond acceptors (Lipinski definition) is 10. The largest absolute Gasteiger partial charge is 0.493 e.